The largest absolute Gasteiger partial charge is 0.466 e. The third-order valence-electron chi connectivity index (χ3n) is 5.24. The molecule has 3 heterocycles. The zero-order chi connectivity index (χ0) is 19.1. The van der Waals surface area contributed by atoms with Gasteiger partial charge in [0.05, 0.1) is 12.5 Å². The molecule has 3 rings (SSSR count). The summed E-state index contributed by atoms with van der Waals surface area (Å²) in [5, 5.41) is 3.44. The van der Waals surface area contributed by atoms with Crippen molar-refractivity contribution in [2.75, 3.05) is 44.7 Å². The molecule has 27 heavy (non-hydrogen) atoms. The Morgan fingerprint density at radius 2 is 2.15 bits per heavy atom. The van der Waals surface area contributed by atoms with Gasteiger partial charge in [-0.25, -0.2) is 4.98 Å². The molecule has 1 atom stereocenters. The normalized spacial score (nSPS) is 20.7. The molecular weight excluding hydrogens is 342 g/mol. The van der Waals surface area contributed by atoms with E-state index in [9.17, 15) is 4.79 Å². The number of likely N-dealkylation sites (tertiary alicyclic amines) is 1. The molecule has 0 saturated carbocycles. The minimum atomic E-state index is -0.0953. The van der Waals surface area contributed by atoms with E-state index in [-0.39, 0.29) is 11.9 Å². The van der Waals surface area contributed by atoms with Crippen LogP contribution in [0.15, 0.2) is 23.3 Å². The molecular formula is C20H31N5O2. The standard InChI is InChI=1S/C20H31N5O2/c1-3-27-19(26)17-7-6-12-25(15-17)20(21-2)23-14-16-8-9-22-18(13-16)24-10-4-5-11-24/h8-9,13,17H,3-7,10-12,14-15H2,1-2H3,(H,21,23). The number of hydrogen-bond donors (Lipinski definition) is 1. The lowest BCUT2D eigenvalue weighted by molar-refractivity contribution is -0.149. The van der Waals surface area contributed by atoms with Gasteiger partial charge in [0.15, 0.2) is 5.96 Å². The van der Waals surface area contributed by atoms with Gasteiger partial charge in [0.2, 0.25) is 0 Å². The Morgan fingerprint density at radius 3 is 2.89 bits per heavy atom. The Bertz CT molecular complexity index is 658. The lowest BCUT2D eigenvalue weighted by Gasteiger charge is -2.34. The number of nitrogens with zero attached hydrogens (tertiary/aromatic N) is 4. The summed E-state index contributed by atoms with van der Waals surface area (Å²) >= 11 is 0. The van der Waals surface area contributed by atoms with Crippen molar-refractivity contribution in [2.24, 2.45) is 10.9 Å². The van der Waals surface area contributed by atoms with Crippen LogP contribution in [-0.4, -0.2) is 61.6 Å². The third kappa shape index (κ3) is 5.11. The van der Waals surface area contributed by atoms with Gasteiger partial charge in [-0.1, -0.05) is 0 Å². The number of piperidine rings is 1. The molecule has 1 aromatic rings. The van der Waals surface area contributed by atoms with Crippen LogP contribution >= 0.6 is 0 Å². The smallest absolute Gasteiger partial charge is 0.310 e. The number of carbonyl (C=O) groups excluding carboxylic acids is 1. The van der Waals surface area contributed by atoms with E-state index in [0.29, 0.717) is 19.7 Å². The summed E-state index contributed by atoms with van der Waals surface area (Å²) in [5.41, 5.74) is 1.19. The minimum Gasteiger partial charge on any atom is -0.466 e. The zero-order valence-corrected chi connectivity index (χ0v) is 16.5. The second-order valence-corrected chi connectivity index (χ2v) is 7.15. The first-order chi connectivity index (χ1) is 13.2. The average Bonchev–Trinajstić information content (AvgIpc) is 3.24. The third-order valence-corrected chi connectivity index (χ3v) is 5.24. The SMILES string of the molecule is CCOC(=O)C1CCCN(C(=NC)NCc2ccnc(N3CCCC3)c2)C1. The second-order valence-electron chi connectivity index (χ2n) is 7.15. The first kappa shape index (κ1) is 19.5. The van der Waals surface area contributed by atoms with Gasteiger partial charge in [0.1, 0.15) is 5.82 Å². The topological polar surface area (TPSA) is 70.1 Å². The zero-order valence-electron chi connectivity index (χ0n) is 16.5. The predicted octanol–water partition coefficient (Wildman–Crippen LogP) is 2.03. The summed E-state index contributed by atoms with van der Waals surface area (Å²) in [6.07, 6.45) is 6.22. The molecule has 0 amide bonds. The van der Waals surface area contributed by atoms with E-state index < -0.39 is 0 Å². The molecule has 0 aromatic carbocycles. The molecule has 148 valence electrons. The number of anilines is 1. The fourth-order valence-corrected chi connectivity index (χ4v) is 3.83. The Morgan fingerprint density at radius 1 is 1.33 bits per heavy atom. The van der Waals surface area contributed by atoms with E-state index in [4.69, 9.17) is 4.74 Å². The van der Waals surface area contributed by atoms with Crippen LogP contribution in [0.2, 0.25) is 0 Å². The molecule has 2 aliphatic rings. The number of hydrogen-bond acceptors (Lipinski definition) is 5. The van der Waals surface area contributed by atoms with Crippen molar-refractivity contribution in [2.45, 2.75) is 39.2 Å². The highest BCUT2D eigenvalue weighted by molar-refractivity contribution is 5.81. The number of esters is 1. The summed E-state index contributed by atoms with van der Waals surface area (Å²) in [7, 11) is 1.79. The average molecular weight is 374 g/mol. The van der Waals surface area contributed by atoms with Crippen LogP contribution in [0.3, 0.4) is 0 Å². The number of pyridine rings is 1. The highest BCUT2D eigenvalue weighted by Gasteiger charge is 2.28. The Labute approximate surface area is 161 Å². The second kappa shape index (κ2) is 9.58. The van der Waals surface area contributed by atoms with E-state index in [0.717, 1.165) is 44.3 Å². The predicted molar refractivity (Wildman–Crippen MR) is 107 cm³/mol. The van der Waals surface area contributed by atoms with E-state index in [1.54, 1.807) is 7.05 Å². The highest BCUT2D eigenvalue weighted by Crippen LogP contribution is 2.20. The Balaban J connectivity index is 1.57. The summed E-state index contributed by atoms with van der Waals surface area (Å²) in [6.45, 7) is 6.73. The van der Waals surface area contributed by atoms with Gasteiger partial charge >= 0.3 is 5.97 Å². The molecule has 2 fully saturated rings. The summed E-state index contributed by atoms with van der Waals surface area (Å²) < 4.78 is 5.20. The van der Waals surface area contributed by atoms with Crippen LogP contribution in [0.4, 0.5) is 5.82 Å². The van der Waals surface area contributed by atoms with Gasteiger partial charge in [-0.3, -0.25) is 9.79 Å². The van der Waals surface area contributed by atoms with E-state index >= 15 is 0 Å². The van der Waals surface area contributed by atoms with Crippen molar-refractivity contribution in [1.82, 2.24) is 15.2 Å². The maximum atomic E-state index is 12.1. The lowest BCUT2D eigenvalue weighted by Crippen LogP contribution is -2.48. The van der Waals surface area contributed by atoms with Crippen molar-refractivity contribution in [1.29, 1.82) is 0 Å². The van der Waals surface area contributed by atoms with Crippen molar-refractivity contribution in [3.05, 3.63) is 23.9 Å². The van der Waals surface area contributed by atoms with Crippen LogP contribution < -0.4 is 10.2 Å². The number of rotatable bonds is 5. The number of guanidine groups is 1. The van der Waals surface area contributed by atoms with Crippen LogP contribution in [0.5, 0.6) is 0 Å². The van der Waals surface area contributed by atoms with Crippen LogP contribution in [0, 0.1) is 5.92 Å². The van der Waals surface area contributed by atoms with Gasteiger partial charge in [0, 0.05) is 46.0 Å². The van der Waals surface area contributed by atoms with Gasteiger partial charge in [-0.15, -0.1) is 0 Å². The molecule has 7 heteroatoms. The molecule has 2 saturated heterocycles. The molecule has 1 N–H and O–H groups in total. The first-order valence-electron chi connectivity index (χ1n) is 10.0. The minimum absolute atomic E-state index is 0.0695. The number of nitrogens with one attached hydrogen (secondary N) is 1. The van der Waals surface area contributed by atoms with Crippen molar-refractivity contribution >= 4 is 17.7 Å². The molecule has 0 radical (unpaired) electrons. The van der Waals surface area contributed by atoms with Crippen molar-refractivity contribution < 1.29 is 9.53 Å². The monoisotopic (exact) mass is 373 g/mol. The number of aromatic nitrogens is 1. The van der Waals surface area contributed by atoms with Crippen LogP contribution in [-0.2, 0) is 16.1 Å². The maximum Gasteiger partial charge on any atom is 0.310 e. The Hall–Kier alpha value is -2.31. The van der Waals surface area contributed by atoms with E-state index in [1.807, 2.05) is 19.2 Å². The van der Waals surface area contributed by atoms with Crippen LogP contribution in [0.25, 0.3) is 0 Å². The summed E-state index contributed by atoms with van der Waals surface area (Å²) in [6, 6.07) is 4.20. The van der Waals surface area contributed by atoms with Crippen molar-refractivity contribution in [3.8, 4) is 0 Å². The van der Waals surface area contributed by atoms with Crippen LogP contribution in [0.1, 0.15) is 38.2 Å². The van der Waals surface area contributed by atoms with Crippen molar-refractivity contribution in [3.63, 3.8) is 0 Å². The first-order valence-corrected chi connectivity index (χ1v) is 10.0. The van der Waals surface area contributed by atoms with Gasteiger partial charge in [-0.05, 0) is 50.3 Å². The molecule has 0 aliphatic carbocycles. The lowest BCUT2D eigenvalue weighted by atomic mass is 9.98. The molecule has 0 spiro atoms. The Kier molecular flexibility index (Phi) is 6.90. The molecule has 0 bridgehead atoms. The number of ether oxygens (including phenoxy) is 1. The quantitative estimate of drug-likeness (QED) is 0.484. The van der Waals surface area contributed by atoms with Gasteiger partial charge < -0.3 is 19.9 Å². The number of carbonyl (C=O) groups is 1. The number of aliphatic imine (C=N–C) groups is 1. The fraction of sp³-hybridized carbons (Fsp3) is 0.650. The maximum absolute atomic E-state index is 12.1. The van der Waals surface area contributed by atoms with E-state index in [1.165, 1.54) is 18.4 Å². The van der Waals surface area contributed by atoms with Gasteiger partial charge in [0.25, 0.3) is 0 Å². The summed E-state index contributed by atoms with van der Waals surface area (Å²) in [5.74, 6) is 1.73. The highest BCUT2D eigenvalue weighted by atomic mass is 16.5. The van der Waals surface area contributed by atoms with Gasteiger partial charge in [-0.2, -0.15) is 0 Å². The van der Waals surface area contributed by atoms with E-state index in [2.05, 4.69) is 31.2 Å². The molecule has 7 nitrogen and oxygen atoms in total. The fourth-order valence-electron chi connectivity index (χ4n) is 3.83. The molecule has 2 aliphatic heterocycles. The molecule has 1 unspecified atom stereocenters. The molecule has 1 aromatic heterocycles. The summed E-state index contributed by atoms with van der Waals surface area (Å²) in [4.78, 5) is 25.5.